The molecule has 0 aliphatic heterocycles. The normalized spacial score (nSPS) is 12.9. The summed E-state index contributed by atoms with van der Waals surface area (Å²) in [7, 11) is -1.13. The molecule has 2 rings (SSSR count). The largest absolute Gasteiger partial charge is 0.497 e. The van der Waals surface area contributed by atoms with E-state index in [-0.39, 0.29) is 6.04 Å². The molecule has 2 aromatic carbocycles. The predicted molar refractivity (Wildman–Crippen MR) is 133 cm³/mol. The molecule has 3 nitrogen and oxygen atoms in total. The lowest BCUT2D eigenvalue weighted by Gasteiger charge is -2.40. The quantitative estimate of drug-likeness (QED) is 0.422. The highest BCUT2D eigenvalue weighted by atomic mass is 28.4. The minimum absolute atomic E-state index is 0.0108. The zero-order valence-corrected chi connectivity index (χ0v) is 21.6. The van der Waals surface area contributed by atoms with Gasteiger partial charge in [0.1, 0.15) is 5.75 Å². The molecular weight excluding hydrogens is 402 g/mol. The van der Waals surface area contributed by atoms with Gasteiger partial charge in [-0.2, -0.15) is 0 Å². The van der Waals surface area contributed by atoms with Crippen molar-refractivity contribution in [3.8, 4) is 17.6 Å². The molecule has 0 heterocycles. The van der Waals surface area contributed by atoms with Gasteiger partial charge in [-0.3, -0.25) is 0 Å². The lowest BCUT2D eigenvalue weighted by atomic mass is 10.2. The Morgan fingerprint density at radius 1 is 0.900 bits per heavy atom. The van der Waals surface area contributed by atoms with E-state index in [1.807, 2.05) is 42.5 Å². The molecule has 0 saturated carbocycles. The van der Waals surface area contributed by atoms with Crippen LogP contribution in [-0.4, -0.2) is 41.2 Å². The van der Waals surface area contributed by atoms with Crippen LogP contribution in [0.5, 0.6) is 5.75 Å². The standard InChI is InChI=1S/C25H37NO2Si2/c1-27-24-15-11-14-21(18-24)16-17-23(20-28-19-22-12-9-8-10-13-22)26-25(29(2,3)4)30(5,6)7/h8-15,18,23,25-26H,19-20H2,1-7H3. The number of nitrogens with one attached hydrogen (secondary N) is 1. The zero-order valence-electron chi connectivity index (χ0n) is 19.6. The van der Waals surface area contributed by atoms with Crippen LogP contribution in [0.4, 0.5) is 0 Å². The topological polar surface area (TPSA) is 30.5 Å². The third-order valence-electron chi connectivity index (χ3n) is 4.96. The highest BCUT2D eigenvalue weighted by Crippen LogP contribution is 2.20. The van der Waals surface area contributed by atoms with E-state index in [2.05, 4.69) is 68.6 Å². The predicted octanol–water partition coefficient (Wildman–Crippen LogP) is 5.35. The van der Waals surface area contributed by atoms with Gasteiger partial charge in [-0.25, -0.2) is 0 Å². The summed E-state index contributed by atoms with van der Waals surface area (Å²) >= 11 is 0. The molecule has 0 radical (unpaired) electrons. The maximum Gasteiger partial charge on any atom is 0.120 e. The summed E-state index contributed by atoms with van der Waals surface area (Å²) in [6.07, 6.45) is 0. The van der Waals surface area contributed by atoms with E-state index >= 15 is 0 Å². The Bertz CT molecular complexity index is 831. The number of benzene rings is 2. The highest BCUT2D eigenvalue weighted by Gasteiger charge is 2.38. The summed E-state index contributed by atoms with van der Waals surface area (Å²) in [5.74, 6) is 7.61. The van der Waals surface area contributed by atoms with E-state index in [4.69, 9.17) is 9.47 Å². The first-order valence-electron chi connectivity index (χ1n) is 10.6. The van der Waals surface area contributed by atoms with Crippen LogP contribution in [0.2, 0.25) is 39.3 Å². The Labute approximate surface area is 185 Å². The number of methoxy groups -OCH3 is 1. The summed E-state index contributed by atoms with van der Waals surface area (Å²) in [4.78, 5) is 0. The van der Waals surface area contributed by atoms with E-state index in [1.54, 1.807) is 7.11 Å². The Morgan fingerprint density at radius 3 is 2.17 bits per heavy atom. The fourth-order valence-electron chi connectivity index (χ4n) is 3.87. The SMILES string of the molecule is COc1cccc(C#CC(COCc2ccccc2)NC([Si](C)(C)C)[Si](C)(C)C)c1. The second-order valence-corrected chi connectivity index (χ2v) is 21.1. The minimum atomic E-state index is -1.40. The van der Waals surface area contributed by atoms with Gasteiger partial charge in [0.15, 0.2) is 0 Å². The molecule has 5 heteroatoms. The molecule has 0 aliphatic rings. The average molecular weight is 440 g/mol. The molecule has 0 bridgehead atoms. The van der Waals surface area contributed by atoms with Crippen LogP contribution in [0.3, 0.4) is 0 Å². The maximum atomic E-state index is 6.08. The van der Waals surface area contributed by atoms with Gasteiger partial charge < -0.3 is 14.8 Å². The van der Waals surface area contributed by atoms with Gasteiger partial charge in [-0.05, 0) is 29.1 Å². The van der Waals surface area contributed by atoms with E-state index in [0.29, 0.717) is 18.5 Å². The zero-order chi connectivity index (χ0) is 22.2. The van der Waals surface area contributed by atoms with Crippen molar-refractivity contribution in [3.63, 3.8) is 0 Å². The summed E-state index contributed by atoms with van der Waals surface area (Å²) in [6, 6.07) is 18.2. The number of hydrogen-bond donors (Lipinski definition) is 1. The molecule has 1 unspecified atom stereocenters. The Kier molecular flexibility index (Phi) is 8.93. The maximum absolute atomic E-state index is 6.08. The van der Waals surface area contributed by atoms with E-state index < -0.39 is 16.1 Å². The fraction of sp³-hybridized carbons (Fsp3) is 0.440. The smallest absolute Gasteiger partial charge is 0.120 e. The lowest BCUT2D eigenvalue weighted by Crippen LogP contribution is -2.64. The number of ether oxygens (including phenoxy) is 2. The second-order valence-electron chi connectivity index (χ2n) is 9.89. The summed E-state index contributed by atoms with van der Waals surface area (Å²) in [5, 5.41) is 4.46. The van der Waals surface area contributed by atoms with Crippen LogP contribution in [0.1, 0.15) is 11.1 Å². The van der Waals surface area contributed by atoms with Crippen molar-refractivity contribution < 1.29 is 9.47 Å². The van der Waals surface area contributed by atoms with Gasteiger partial charge in [0.25, 0.3) is 0 Å². The third kappa shape index (κ3) is 8.12. The monoisotopic (exact) mass is 439 g/mol. The van der Waals surface area contributed by atoms with Crippen LogP contribution in [-0.2, 0) is 11.3 Å². The van der Waals surface area contributed by atoms with E-state index in [0.717, 1.165) is 11.3 Å². The van der Waals surface area contributed by atoms with Crippen LogP contribution < -0.4 is 10.1 Å². The van der Waals surface area contributed by atoms with Crippen molar-refractivity contribution >= 4 is 16.1 Å². The average Bonchev–Trinajstić information content (AvgIpc) is 2.68. The molecule has 162 valence electrons. The molecule has 0 aromatic heterocycles. The first-order chi connectivity index (χ1) is 14.1. The van der Waals surface area contributed by atoms with Crippen LogP contribution in [0, 0.1) is 11.8 Å². The fourth-order valence-corrected chi connectivity index (χ4v) is 15.7. The molecule has 0 amide bonds. The van der Waals surface area contributed by atoms with Crippen molar-refractivity contribution in [1.82, 2.24) is 5.32 Å². The third-order valence-corrected chi connectivity index (χ3v) is 14.0. The first-order valence-corrected chi connectivity index (χ1v) is 17.8. The summed E-state index contributed by atoms with van der Waals surface area (Å²) in [6.45, 7) is 15.8. The second kappa shape index (κ2) is 11.0. The lowest BCUT2D eigenvalue weighted by molar-refractivity contribution is 0.111. The van der Waals surface area contributed by atoms with E-state index in [9.17, 15) is 0 Å². The molecule has 2 aromatic rings. The van der Waals surface area contributed by atoms with Gasteiger partial charge in [0.05, 0.1) is 42.5 Å². The van der Waals surface area contributed by atoms with Gasteiger partial charge in [-0.1, -0.05) is 87.5 Å². The van der Waals surface area contributed by atoms with Crippen LogP contribution >= 0.6 is 0 Å². The van der Waals surface area contributed by atoms with Crippen LogP contribution in [0.25, 0.3) is 0 Å². The van der Waals surface area contributed by atoms with Gasteiger partial charge in [-0.15, -0.1) is 0 Å². The van der Waals surface area contributed by atoms with Crippen molar-refractivity contribution in [2.24, 2.45) is 0 Å². The Balaban J connectivity index is 2.19. The Hall–Kier alpha value is -1.85. The molecule has 1 N–H and O–H groups in total. The minimum Gasteiger partial charge on any atom is -0.497 e. The van der Waals surface area contributed by atoms with Crippen molar-refractivity contribution in [3.05, 3.63) is 65.7 Å². The van der Waals surface area contributed by atoms with Gasteiger partial charge >= 0.3 is 0 Å². The molecule has 30 heavy (non-hydrogen) atoms. The molecule has 0 fully saturated rings. The Morgan fingerprint density at radius 2 is 1.57 bits per heavy atom. The molecule has 0 saturated heterocycles. The first kappa shape index (κ1) is 24.4. The molecule has 1 atom stereocenters. The summed E-state index contributed by atoms with van der Waals surface area (Å²) in [5.41, 5.74) is 2.14. The summed E-state index contributed by atoms with van der Waals surface area (Å²) < 4.78 is 11.4. The molecular formula is C25H37NO2Si2. The molecule has 0 aliphatic carbocycles. The van der Waals surface area contributed by atoms with Gasteiger partial charge in [0.2, 0.25) is 0 Å². The molecule has 0 spiro atoms. The van der Waals surface area contributed by atoms with Crippen LogP contribution in [0.15, 0.2) is 54.6 Å². The van der Waals surface area contributed by atoms with Crippen molar-refractivity contribution in [2.45, 2.75) is 57.2 Å². The van der Waals surface area contributed by atoms with Crippen molar-refractivity contribution in [2.75, 3.05) is 13.7 Å². The number of hydrogen-bond acceptors (Lipinski definition) is 3. The van der Waals surface area contributed by atoms with Gasteiger partial charge in [0, 0.05) is 5.56 Å². The van der Waals surface area contributed by atoms with E-state index in [1.165, 1.54) is 5.56 Å². The van der Waals surface area contributed by atoms with Crippen molar-refractivity contribution in [1.29, 1.82) is 0 Å². The number of rotatable bonds is 9. The highest BCUT2D eigenvalue weighted by molar-refractivity contribution is 6.96.